The molecule has 32 heavy (non-hydrogen) atoms. The van der Waals surface area contributed by atoms with Gasteiger partial charge in [-0.15, -0.1) is 5.10 Å². The van der Waals surface area contributed by atoms with E-state index in [-0.39, 0.29) is 12.5 Å². The van der Waals surface area contributed by atoms with Gasteiger partial charge >= 0.3 is 0 Å². The molecule has 0 saturated carbocycles. The largest absolute Gasteiger partial charge is 0.486 e. The van der Waals surface area contributed by atoms with Gasteiger partial charge in [-0.1, -0.05) is 36.4 Å². The monoisotopic (exact) mass is 431 g/mol. The van der Waals surface area contributed by atoms with Crippen molar-refractivity contribution in [2.45, 2.75) is 40.5 Å². The maximum absolute atomic E-state index is 12.9. The first kappa shape index (κ1) is 21.2. The highest BCUT2D eigenvalue weighted by molar-refractivity contribution is 6.05. The minimum absolute atomic E-state index is 0.219. The van der Waals surface area contributed by atoms with E-state index in [0.29, 0.717) is 30.2 Å². The van der Waals surface area contributed by atoms with Crippen LogP contribution in [-0.4, -0.2) is 35.9 Å². The topological polar surface area (TPSA) is 99.8 Å². The van der Waals surface area contributed by atoms with Crippen molar-refractivity contribution in [3.05, 3.63) is 82.9 Å². The van der Waals surface area contributed by atoms with Crippen molar-refractivity contribution in [1.82, 2.24) is 30.0 Å². The van der Waals surface area contributed by atoms with Gasteiger partial charge in [0.1, 0.15) is 12.4 Å². The molecule has 0 unspecified atom stereocenters. The first-order chi connectivity index (χ1) is 15.5. The second-order valence-electron chi connectivity index (χ2n) is 7.37. The van der Waals surface area contributed by atoms with Crippen molar-refractivity contribution in [2.24, 2.45) is 0 Å². The molecule has 4 rings (SSSR count). The van der Waals surface area contributed by atoms with Crippen molar-refractivity contribution >= 4 is 11.6 Å². The van der Waals surface area contributed by atoms with Gasteiger partial charge in [0.05, 0.1) is 23.6 Å². The van der Waals surface area contributed by atoms with Crippen LogP contribution >= 0.6 is 0 Å². The maximum Gasteiger partial charge on any atom is 0.255 e. The van der Waals surface area contributed by atoms with E-state index in [1.165, 1.54) is 0 Å². The van der Waals surface area contributed by atoms with E-state index in [1.54, 1.807) is 28.9 Å². The number of nitrogens with zero attached hydrogens (tertiary/aromatic N) is 6. The van der Waals surface area contributed by atoms with Crippen LogP contribution in [0, 0.1) is 13.8 Å². The lowest BCUT2D eigenvalue weighted by atomic mass is 10.2. The summed E-state index contributed by atoms with van der Waals surface area (Å²) in [6.45, 7) is 7.32. The highest BCUT2D eigenvalue weighted by Gasteiger charge is 2.16. The molecule has 0 fully saturated rings. The van der Waals surface area contributed by atoms with Crippen LogP contribution < -0.4 is 10.1 Å². The predicted molar refractivity (Wildman–Crippen MR) is 119 cm³/mol. The van der Waals surface area contributed by atoms with Crippen molar-refractivity contribution in [2.75, 3.05) is 5.32 Å². The molecular weight excluding hydrogens is 406 g/mol. The Morgan fingerprint density at radius 3 is 2.66 bits per heavy atom. The van der Waals surface area contributed by atoms with E-state index in [0.717, 1.165) is 22.6 Å². The summed E-state index contributed by atoms with van der Waals surface area (Å²) in [5.74, 6) is 0.968. The average molecular weight is 432 g/mol. The Hall–Kier alpha value is -4.01. The molecule has 0 saturated heterocycles. The summed E-state index contributed by atoms with van der Waals surface area (Å²) in [4.78, 5) is 12.9. The molecule has 9 heteroatoms. The average Bonchev–Trinajstić information content (AvgIpc) is 3.38. The fraction of sp³-hybridized carbons (Fsp3) is 0.261. The highest BCUT2D eigenvalue weighted by atomic mass is 16.5. The SMILES string of the molecule is CCn1nnnc1COc1cccc(C(=O)Nc2c(C)nn(Cc3ccccc3)c2C)c1. The maximum atomic E-state index is 12.9. The Kier molecular flexibility index (Phi) is 6.25. The fourth-order valence-corrected chi connectivity index (χ4v) is 3.42. The minimum atomic E-state index is -0.223. The number of tetrazole rings is 1. The molecule has 2 aromatic carbocycles. The van der Waals surface area contributed by atoms with Gasteiger partial charge in [0.25, 0.3) is 5.91 Å². The van der Waals surface area contributed by atoms with Gasteiger partial charge in [-0.2, -0.15) is 5.10 Å². The molecular formula is C23H25N7O2. The predicted octanol–water partition coefficient (Wildman–Crippen LogP) is 3.39. The molecule has 0 atom stereocenters. The summed E-state index contributed by atoms with van der Waals surface area (Å²) in [7, 11) is 0. The number of aryl methyl sites for hydroxylation is 2. The lowest BCUT2D eigenvalue weighted by Crippen LogP contribution is -2.14. The molecule has 164 valence electrons. The molecule has 0 radical (unpaired) electrons. The van der Waals surface area contributed by atoms with Gasteiger partial charge in [-0.3, -0.25) is 9.48 Å². The van der Waals surface area contributed by atoms with Gasteiger partial charge < -0.3 is 10.1 Å². The van der Waals surface area contributed by atoms with Gasteiger partial charge in [0.2, 0.25) is 0 Å². The zero-order valence-electron chi connectivity index (χ0n) is 18.3. The zero-order valence-corrected chi connectivity index (χ0v) is 18.3. The van der Waals surface area contributed by atoms with Crippen molar-refractivity contribution in [1.29, 1.82) is 0 Å². The normalized spacial score (nSPS) is 10.8. The van der Waals surface area contributed by atoms with Crippen LogP contribution in [0.2, 0.25) is 0 Å². The van der Waals surface area contributed by atoms with Crippen LogP contribution in [0.15, 0.2) is 54.6 Å². The van der Waals surface area contributed by atoms with Crippen LogP contribution in [0.3, 0.4) is 0 Å². The number of amides is 1. The lowest BCUT2D eigenvalue weighted by molar-refractivity contribution is 0.102. The van der Waals surface area contributed by atoms with Gasteiger partial charge in [-0.25, -0.2) is 4.68 Å². The van der Waals surface area contributed by atoms with Gasteiger partial charge in [0.15, 0.2) is 5.82 Å². The molecule has 9 nitrogen and oxygen atoms in total. The van der Waals surface area contributed by atoms with E-state index >= 15 is 0 Å². The number of aromatic nitrogens is 6. The van der Waals surface area contributed by atoms with E-state index in [1.807, 2.05) is 43.7 Å². The third kappa shape index (κ3) is 4.66. The molecule has 1 N–H and O–H groups in total. The number of carbonyl (C=O) groups excluding carboxylic acids is 1. The van der Waals surface area contributed by atoms with Crippen LogP contribution in [-0.2, 0) is 19.7 Å². The summed E-state index contributed by atoms with van der Waals surface area (Å²) in [5.41, 5.74) is 4.03. The van der Waals surface area contributed by atoms with Crippen molar-refractivity contribution in [3.63, 3.8) is 0 Å². The Bertz CT molecular complexity index is 1210. The minimum Gasteiger partial charge on any atom is -0.486 e. The fourth-order valence-electron chi connectivity index (χ4n) is 3.42. The number of nitrogens with one attached hydrogen (secondary N) is 1. The smallest absolute Gasteiger partial charge is 0.255 e. The van der Waals surface area contributed by atoms with E-state index in [4.69, 9.17) is 4.74 Å². The van der Waals surface area contributed by atoms with Crippen LogP contribution in [0.5, 0.6) is 5.75 Å². The Labute approximate surface area is 186 Å². The molecule has 2 aromatic heterocycles. The Morgan fingerprint density at radius 2 is 1.88 bits per heavy atom. The first-order valence-corrected chi connectivity index (χ1v) is 10.4. The van der Waals surface area contributed by atoms with Gasteiger partial charge in [0, 0.05) is 12.1 Å². The number of hydrogen-bond acceptors (Lipinski definition) is 6. The number of anilines is 1. The second kappa shape index (κ2) is 9.42. The van der Waals surface area contributed by atoms with E-state index < -0.39 is 0 Å². The summed E-state index contributed by atoms with van der Waals surface area (Å²) < 4.78 is 9.35. The number of rotatable bonds is 8. The van der Waals surface area contributed by atoms with Crippen LogP contribution in [0.1, 0.15) is 40.1 Å². The molecule has 0 aliphatic heterocycles. The number of carbonyl (C=O) groups is 1. The molecule has 0 aliphatic carbocycles. The van der Waals surface area contributed by atoms with E-state index in [2.05, 4.69) is 38.1 Å². The Morgan fingerprint density at radius 1 is 1.06 bits per heavy atom. The second-order valence-corrected chi connectivity index (χ2v) is 7.37. The van der Waals surface area contributed by atoms with E-state index in [9.17, 15) is 4.79 Å². The standard InChI is InChI=1S/C23H25N7O2/c1-4-29-21(25-27-28-29)15-32-20-12-8-11-19(13-20)23(31)24-22-16(2)26-30(17(22)3)14-18-9-6-5-7-10-18/h5-13H,4,14-15H2,1-3H3,(H,24,31). The van der Waals surface area contributed by atoms with Crippen LogP contribution in [0.4, 0.5) is 5.69 Å². The number of hydrogen-bond donors (Lipinski definition) is 1. The summed E-state index contributed by atoms with van der Waals surface area (Å²) in [6.07, 6.45) is 0. The summed E-state index contributed by atoms with van der Waals surface area (Å²) in [6, 6.07) is 17.1. The first-order valence-electron chi connectivity index (χ1n) is 10.4. The summed E-state index contributed by atoms with van der Waals surface area (Å²) in [5, 5.41) is 19.1. The molecule has 1 amide bonds. The number of benzene rings is 2. The third-order valence-corrected chi connectivity index (χ3v) is 5.16. The molecule has 0 bridgehead atoms. The van der Waals surface area contributed by atoms with Crippen molar-refractivity contribution < 1.29 is 9.53 Å². The number of ether oxygens (including phenoxy) is 1. The Balaban J connectivity index is 1.45. The van der Waals surface area contributed by atoms with Gasteiger partial charge in [-0.05, 0) is 55.0 Å². The summed E-state index contributed by atoms with van der Waals surface area (Å²) >= 11 is 0. The lowest BCUT2D eigenvalue weighted by Gasteiger charge is -2.09. The zero-order chi connectivity index (χ0) is 22.5. The molecule has 0 spiro atoms. The third-order valence-electron chi connectivity index (χ3n) is 5.16. The quantitative estimate of drug-likeness (QED) is 0.459. The highest BCUT2D eigenvalue weighted by Crippen LogP contribution is 2.22. The van der Waals surface area contributed by atoms with Crippen LogP contribution in [0.25, 0.3) is 0 Å². The molecule has 4 aromatic rings. The molecule has 2 heterocycles. The van der Waals surface area contributed by atoms with Crippen molar-refractivity contribution in [3.8, 4) is 5.75 Å². The molecule has 0 aliphatic rings.